The molecule has 2 aliphatic rings. The monoisotopic (exact) mass is 376 g/mol. The number of amides is 2. The van der Waals surface area contributed by atoms with Gasteiger partial charge in [-0.3, -0.25) is 9.59 Å². The largest absolute Gasteiger partial charge is 0.486 e. The second-order valence-electron chi connectivity index (χ2n) is 6.35. The van der Waals surface area contributed by atoms with Crippen molar-refractivity contribution in [3.63, 3.8) is 0 Å². The number of carbonyl (C=O) groups is 3. The van der Waals surface area contributed by atoms with Crippen molar-refractivity contribution < 1.29 is 28.6 Å². The van der Waals surface area contributed by atoms with Crippen LogP contribution in [-0.2, 0) is 9.53 Å². The van der Waals surface area contributed by atoms with Crippen LogP contribution in [0, 0.1) is 0 Å². The Morgan fingerprint density at radius 1 is 0.963 bits per heavy atom. The summed E-state index contributed by atoms with van der Waals surface area (Å²) in [5.41, 5.74) is 0.513. The molecule has 146 valence electrons. The van der Waals surface area contributed by atoms with E-state index < -0.39 is 0 Å². The van der Waals surface area contributed by atoms with E-state index in [-0.39, 0.29) is 30.6 Å². The molecule has 2 aliphatic heterocycles. The van der Waals surface area contributed by atoms with Crippen LogP contribution in [0.15, 0.2) is 18.2 Å². The van der Waals surface area contributed by atoms with Crippen LogP contribution in [0.1, 0.15) is 30.1 Å². The molecule has 0 bridgehead atoms. The van der Waals surface area contributed by atoms with Crippen molar-refractivity contribution in [3.8, 4) is 11.5 Å². The van der Waals surface area contributed by atoms with Gasteiger partial charge in [0.1, 0.15) is 13.2 Å². The summed E-state index contributed by atoms with van der Waals surface area (Å²) in [6.07, 6.45) is -0.0677. The predicted octanol–water partition coefficient (Wildman–Crippen LogP) is 1.72. The van der Waals surface area contributed by atoms with Crippen LogP contribution in [0.3, 0.4) is 0 Å². The van der Waals surface area contributed by atoms with Crippen LogP contribution in [0.25, 0.3) is 0 Å². The van der Waals surface area contributed by atoms with Crippen molar-refractivity contribution in [2.24, 2.45) is 0 Å². The van der Waals surface area contributed by atoms with Crippen molar-refractivity contribution in [3.05, 3.63) is 23.8 Å². The smallest absolute Gasteiger partial charge is 0.409 e. The summed E-state index contributed by atoms with van der Waals surface area (Å²) in [4.78, 5) is 39.7. The summed E-state index contributed by atoms with van der Waals surface area (Å²) >= 11 is 0. The Labute approximate surface area is 158 Å². The van der Waals surface area contributed by atoms with Gasteiger partial charge in [0.15, 0.2) is 17.3 Å². The molecule has 0 atom stereocenters. The number of nitrogens with zero attached hydrogens (tertiary/aromatic N) is 2. The number of ether oxygens (including phenoxy) is 3. The highest BCUT2D eigenvalue weighted by molar-refractivity contribution is 5.98. The van der Waals surface area contributed by atoms with Crippen molar-refractivity contribution in [2.45, 2.75) is 19.8 Å². The number of piperazine rings is 1. The lowest BCUT2D eigenvalue weighted by Crippen LogP contribution is -2.50. The van der Waals surface area contributed by atoms with Crippen molar-refractivity contribution in [1.82, 2.24) is 9.80 Å². The second kappa shape index (κ2) is 8.75. The van der Waals surface area contributed by atoms with Gasteiger partial charge >= 0.3 is 6.09 Å². The molecule has 1 aromatic carbocycles. The molecule has 2 amide bonds. The molecular formula is C19H24N2O6. The van der Waals surface area contributed by atoms with Gasteiger partial charge in [-0.05, 0) is 25.1 Å². The number of Topliss-reactive ketones (excluding diaryl/α,β-unsaturated/α-hetero) is 1. The molecule has 27 heavy (non-hydrogen) atoms. The van der Waals surface area contributed by atoms with Crippen LogP contribution < -0.4 is 9.47 Å². The summed E-state index contributed by atoms with van der Waals surface area (Å²) in [5.74, 6) is 1.01. The molecule has 1 saturated heterocycles. The Bertz CT molecular complexity index is 712. The standard InChI is InChI=1S/C19H24N2O6/c1-2-25-19(24)21-9-7-20(8-10-21)18(23)6-4-15(22)14-3-5-16-17(13-14)27-12-11-26-16/h3,5,13H,2,4,6-12H2,1H3. The van der Waals surface area contributed by atoms with Gasteiger partial charge in [0.05, 0.1) is 6.61 Å². The summed E-state index contributed by atoms with van der Waals surface area (Å²) in [6, 6.07) is 5.08. The van der Waals surface area contributed by atoms with E-state index in [9.17, 15) is 14.4 Å². The number of ketones is 1. The number of hydrogen-bond donors (Lipinski definition) is 0. The lowest BCUT2D eigenvalue weighted by Gasteiger charge is -2.34. The van der Waals surface area contributed by atoms with Crippen molar-refractivity contribution >= 4 is 17.8 Å². The first-order valence-corrected chi connectivity index (χ1v) is 9.21. The van der Waals surface area contributed by atoms with Crippen LogP contribution >= 0.6 is 0 Å². The lowest BCUT2D eigenvalue weighted by molar-refractivity contribution is -0.132. The summed E-state index contributed by atoms with van der Waals surface area (Å²) in [5, 5.41) is 0. The Kier molecular flexibility index (Phi) is 6.16. The third-order valence-corrected chi connectivity index (χ3v) is 4.59. The van der Waals surface area contributed by atoms with E-state index in [1.807, 2.05) is 0 Å². The maximum Gasteiger partial charge on any atom is 0.409 e. The fourth-order valence-electron chi connectivity index (χ4n) is 3.09. The van der Waals surface area contributed by atoms with Gasteiger partial charge in [-0.25, -0.2) is 4.79 Å². The van der Waals surface area contributed by atoms with Crippen LogP contribution in [0.4, 0.5) is 4.79 Å². The second-order valence-corrected chi connectivity index (χ2v) is 6.35. The van der Waals surface area contributed by atoms with E-state index in [0.29, 0.717) is 63.1 Å². The fraction of sp³-hybridized carbons (Fsp3) is 0.526. The molecule has 1 aromatic rings. The zero-order chi connectivity index (χ0) is 19.2. The Morgan fingerprint density at radius 3 is 2.33 bits per heavy atom. The molecule has 8 nitrogen and oxygen atoms in total. The Morgan fingerprint density at radius 2 is 1.63 bits per heavy atom. The third kappa shape index (κ3) is 4.69. The molecule has 0 saturated carbocycles. The molecule has 1 fully saturated rings. The molecule has 0 N–H and O–H groups in total. The summed E-state index contributed by atoms with van der Waals surface area (Å²) in [6.45, 7) is 4.85. The van der Waals surface area contributed by atoms with Crippen molar-refractivity contribution in [1.29, 1.82) is 0 Å². The zero-order valence-electron chi connectivity index (χ0n) is 15.4. The van der Waals surface area contributed by atoms with E-state index in [2.05, 4.69) is 0 Å². The van der Waals surface area contributed by atoms with E-state index >= 15 is 0 Å². The lowest BCUT2D eigenvalue weighted by atomic mass is 10.1. The molecular weight excluding hydrogens is 352 g/mol. The highest BCUT2D eigenvalue weighted by Crippen LogP contribution is 2.31. The summed E-state index contributed by atoms with van der Waals surface area (Å²) < 4.78 is 15.9. The molecule has 0 aliphatic carbocycles. The SMILES string of the molecule is CCOC(=O)N1CCN(C(=O)CCC(=O)c2ccc3c(c2)OCCO3)CC1. The summed E-state index contributed by atoms with van der Waals surface area (Å²) in [7, 11) is 0. The Hall–Kier alpha value is -2.77. The molecule has 0 unspecified atom stereocenters. The van der Waals surface area contributed by atoms with E-state index in [1.54, 1.807) is 34.9 Å². The van der Waals surface area contributed by atoms with Gasteiger partial charge in [-0.2, -0.15) is 0 Å². The van der Waals surface area contributed by atoms with E-state index in [1.165, 1.54) is 0 Å². The van der Waals surface area contributed by atoms with Gasteiger partial charge < -0.3 is 24.0 Å². The van der Waals surface area contributed by atoms with Gasteiger partial charge in [0, 0.05) is 44.6 Å². The molecule has 3 rings (SSSR count). The molecule has 0 radical (unpaired) electrons. The Balaban J connectivity index is 1.47. The minimum atomic E-state index is -0.349. The normalized spacial score (nSPS) is 16.0. The first kappa shape index (κ1) is 19.0. The topological polar surface area (TPSA) is 85.4 Å². The highest BCUT2D eigenvalue weighted by atomic mass is 16.6. The minimum absolute atomic E-state index is 0.0793. The maximum atomic E-state index is 12.4. The minimum Gasteiger partial charge on any atom is -0.486 e. The zero-order valence-corrected chi connectivity index (χ0v) is 15.4. The van der Waals surface area contributed by atoms with Gasteiger partial charge in [-0.15, -0.1) is 0 Å². The first-order chi connectivity index (χ1) is 13.1. The highest BCUT2D eigenvalue weighted by Gasteiger charge is 2.25. The van der Waals surface area contributed by atoms with Crippen LogP contribution in [-0.4, -0.2) is 73.6 Å². The number of carbonyl (C=O) groups excluding carboxylic acids is 3. The molecule has 8 heteroatoms. The van der Waals surface area contributed by atoms with Gasteiger partial charge in [0.2, 0.25) is 5.91 Å². The molecule has 0 aromatic heterocycles. The third-order valence-electron chi connectivity index (χ3n) is 4.59. The number of rotatable bonds is 5. The maximum absolute atomic E-state index is 12.4. The quantitative estimate of drug-likeness (QED) is 0.728. The van der Waals surface area contributed by atoms with Crippen LogP contribution in [0.2, 0.25) is 0 Å². The average molecular weight is 376 g/mol. The van der Waals surface area contributed by atoms with Gasteiger partial charge in [-0.1, -0.05) is 0 Å². The first-order valence-electron chi connectivity index (χ1n) is 9.21. The fourth-order valence-corrected chi connectivity index (χ4v) is 3.09. The van der Waals surface area contributed by atoms with E-state index in [4.69, 9.17) is 14.2 Å². The van der Waals surface area contributed by atoms with E-state index in [0.717, 1.165) is 0 Å². The molecule has 2 heterocycles. The number of fused-ring (bicyclic) bond motifs is 1. The molecule has 0 spiro atoms. The number of hydrogen-bond acceptors (Lipinski definition) is 6. The predicted molar refractivity (Wildman–Crippen MR) is 96.2 cm³/mol. The number of benzene rings is 1. The van der Waals surface area contributed by atoms with Gasteiger partial charge in [0.25, 0.3) is 0 Å². The van der Waals surface area contributed by atoms with Crippen LogP contribution in [0.5, 0.6) is 11.5 Å². The van der Waals surface area contributed by atoms with Crippen molar-refractivity contribution in [2.75, 3.05) is 46.0 Å². The average Bonchev–Trinajstić information content (AvgIpc) is 2.71.